The molecule has 0 bridgehead atoms. The Morgan fingerprint density at radius 1 is 0.455 bits per heavy atom. The largest absolute Gasteiger partial charge is 0.109 e. The van der Waals surface area contributed by atoms with E-state index in [2.05, 4.69) is 7.28 Å². The highest BCUT2D eigenvalue weighted by molar-refractivity contribution is 6.35. The topological polar surface area (TPSA) is 0 Å². The summed E-state index contributed by atoms with van der Waals surface area (Å²) in [6, 6.07) is 0. The van der Waals surface area contributed by atoms with Gasteiger partial charge in [-0.15, -0.1) is 0 Å². The SMILES string of the molecule is [B]1CCCCCCCCCC1. The lowest BCUT2D eigenvalue weighted by Gasteiger charge is -1.97. The van der Waals surface area contributed by atoms with Crippen molar-refractivity contribution in [3.8, 4) is 0 Å². The molecule has 0 aromatic rings. The first-order valence-corrected chi connectivity index (χ1v) is 5.32. The highest BCUT2D eigenvalue weighted by atomic mass is 14.0. The molecule has 1 heteroatoms. The normalized spacial score (nSPS) is 23.3. The van der Waals surface area contributed by atoms with Gasteiger partial charge in [0.1, 0.15) is 7.28 Å². The lowest BCUT2D eigenvalue weighted by molar-refractivity contribution is 0.590. The Bertz CT molecular complexity index is 42.9. The summed E-state index contributed by atoms with van der Waals surface area (Å²) < 4.78 is 0. The van der Waals surface area contributed by atoms with E-state index in [0.717, 1.165) is 0 Å². The fourth-order valence-corrected chi connectivity index (χ4v) is 1.78. The van der Waals surface area contributed by atoms with Crippen molar-refractivity contribution in [2.75, 3.05) is 0 Å². The van der Waals surface area contributed by atoms with Crippen molar-refractivity contribution in [1.29, 1.82) is 0 Å². The summed E-state index contributed by atoms with van der Waals surface area (Å²) in [6.07, 6.45) is 14.5. The number of rotatable bonds is 0. The predicted octanol–water partition coefficient (Wildman–Crippen LogP) is 3.66. The first-order chi connectivity index (χ1) is 5.50. The average Bonchev–Trinajstić information content (AvgIpc) is 2.08. The monoisotopic (exact) mass is 151 g/mol. The highest BCUT2D eigenvalue weighted by Crippen LogP contribution is 2.13. The molecule has 0 saturated carbocycles. The third-order valence-corrected chi connectivity index (χ3v) is 2.57. The molecule has 1 fully saturated rings. The molecule has 1 aliphatic rings. The zero-order chi connectivity index (χ0) is 7.78. The van der Waals surface area contributed by atoms with E-state index in [9.17, 15) is 0 Å². The van der Waals surface area contributed by atoms with Crippen LogP contribution >= 0.6 is 0 Å². The molecule has 11 heavy (non-hydrogen) atoms. The van der Waals surface area contributed by atoms with E-state index in [1.807, 2.05) is 0 Å². The molecule has 1 rings (SSSR count). The Labute approximate surface area is 72.0 Å². The van der Waals surface area contributed by atoms with Gasteiger partial charge in [0, 0.05) is 0 Å². The molecule has 0 atom stereocenters. The van der Waals surface area contributed by atoms with Crippen molar-refractivity contribution >= 4 is 7.28 Å². The smallest absolute Gasteiger partial charge is 0.0803 e. The molecular weight excluding hydrogens is 131 g/mol. The van der Waals surface area contributed by atoms with Gasteiger partial charge in [0.25, 0.3) is 0 Å². The molecule has 63 valence electrons. The maximum absolute atomic E-state index is 2.49. The van der Waals surface area contributed by atoms with Crippen LogP contribution in [0.25, 0.3) is 0 Å². The average molecular weight is 151 g/mol. The van der Waals surface area contributed by atoms with E-state index in [4.69, 9.17) is 0 Å². The fourth-order valence-electron chi connectivity index (χ4n) is 1.78. The lowest BCUT2D eigenvalue weighted by atomic mass is 9.68. The molecule has 0 nitrogen and oxygen atoms in total. The zero-order valence-electron chi connectivity index (χ0n) is 7.65. The van der Waals surface area contributed by atoms with Gasteiger partial charge in [-0.3, -0.25) is 0 Å². The second-order valence-corrected chi connectivity index (χ2v) is 3.69. The summed E-state index contributed by atoms with van der Waals surface area (Å²) in [5, 5.41) is 0. The Balaban J connectivity index is 2.02. The van der Waals surface area contributed by atoms with Crippen molar-refractivity contribution in [1.82, 2.24) is 0 Å². The van der Waals surface area contributed by atoms with E-state index in [0.29, 0.717) is 0 Å². The maximum atomic E-state index is 2.49. The standard InChI is InChI=1S/C10H20B/c1-2-4-6-8-10-11-9-7-5-3-1/h1-10H2. The van der Waals surface area contributed by atoms with Crippen LogP contribution in [-0.2, 0) is 0 Å². The summed E-state index contributed by atoms with van der Waals surface area (Å²) in [5.41, 5.74) is 0. The van der Waals surface area contributed by atoms with Crippen LogP contribution in [0, 0.1) is 0 Å². The van der Waals surface area contributed by atoms with Gasteiger partial charge in [0.2, 0.25) is 0 Å². The number of hydrogen-bond donors (Lipinski definition) is 0. The lowest BCUT2D eigenvalue weighted by Crippen LogP contribution is -1.88. The Morgan fingerprint density at radius 3 is 1.27 bits per heavy atom. The van der Waals surface area contributed by atoms with Crippen molar-refractivity contribution in [2.45, 2.75) is 64.0 Å². The van der Waals surface area contributed by atoms with E-state index in [1.165, 1.54) is 64.0 Å². The predicted molar refractivity (Wildman–Crippen MR) is 52.3 cm³/mol. The minimum atomic E-state index is 1.38. The molecule has 0 spiro atoms. The molecule has 1 saturated heterocycles. The first-order valence-electron chi connectivity index (χ1n) is 5.32. The minimum Gasteiger partial charge on any atom is -0.0803 e. The molecule has 0 amide bonds. The quantitative estimate of drug-likeness (QED) is 0.463. The third kappa shape index (κ3) is 5.35. The zero-order valence-corrected chi connectivity index (χ0v) is 7.65. The molecule has 0 aromatic carbocycles. The van der Waals surface area contributed by atoms with Gasteiger partial charge >= 0.3 is 0 Å². The van der Waals surface area contributed by atoms with Gasteiger partial charge < -0.3 is 0 Å². The molecule has 1 radical (unpaired) electrons. The van der Waals surface area contributed by atoms with Crippen LogP contribution in [0.3, 0.4) is 0 Å². The van der Waals surface area contributed by atoms with Gasteiger partial charge in [-0.1, -0.05) is 64.0 Å². The Hall–Kier alpha value is 0.0649. The summed E-state index contributed by atoms with van der Waals surface area (Å²) in [4.78, 5) is 0. The maximum Gasteiger partial charge on any atom is 0.109 e. The van der Waals surface area contributed by atoms with Crippen LogP contribution in [0.1, 0.15) is 51.4 Å². The second-order valence-electron chi connectivity index (χ2n) is 3.69. The molecule has 0 unspecified atom stereocenters. The summed E-state index contributed by atoms with van der Waals surface area (Å²) >= 11 is 0. The minimum absolute atomic E-state index is 1.38. The first kappa shape index (κ1) is 9.16. The summed E-state index contributed by atoms with van der Waals surface area (Å²) in [7, 11) is 2.49. The molecule has 1 aliphatic heterocycles. The summed E-state index contributed by atoms with van der Waals surface area (Å²) in [5.74, 6) is 0. The number of hydrogen-bond acceptors (Lipinski definition) is 0. The van der Waals surface area contributed by atoms with Crippen LogP contribution in [0.15, 0.2) is 0 Å². The van der Waals surface area contributed by atoms with E-state index < -0.39 is 0 Å². The van der Waals surface area contributed by atoms with Crippen LogP contribution in [0.4, 0.5) is 0 Å². The Kier molecular flexibility index (Phi) is 5.62. The van der Waals surface area contributed by atoms with Crippen molar-refractivity contribution in [2.24, 2.45) is 0 Å². The van der Waals surface area contributed by atoms with Crippen molar-refractivity contribution in [3.05, 3.63) is 0 Å². The van der Waals surface area contributed by atoms with E-state index >= 15 is 0 Å². The molecule has 0 aromatic heterocycles. The van der Waals surface area contributed by atoms with Gasteiger partial charge in [0.15, 0.2) is 0 Å². The van der Waals surface area contributed by atoms with Crippen LogP contribution in [0.5, 0.6) is 0 Å². The van der Waals surface area contributed by atoms with E-state index in [1.54, 1.807) is 0 Å². The Morgan fingerprint density at radius 2 is 0.818 bits per heavy atom. The van der Waals surface area contributed by atoms with Gasteiger partial charge in [0.05, 0.1) is 0 Å². The molecule has 0 aliphatic carbocycles. The molecular formula is C10H20B. The fraction of sp³-hybridized carbons (Fsp3) is 1.00. The van der Waals surface area contributed by atoms with Crippen LogP contribution in [-0.4, -0.2) is 7.28 Å². The van der Waals surface area contributed by atoms with Crippen molar-refractivity contribution < 1.29 is 0 Å². The van der Waals surface area contributed by atoms with Gasteiger partial charge in [-0.25, -0.2) is 0 Å². The third-order valence-electron chi connectivity index (χ3n) is 2.57. The summed E-state index contributed by atoms with van der Waals surface area (Å²) in [6.45, 7) is 0. The van der Waals surface area contributed by atoms with E-state index in [-0.39, 0.29) is 0 Å². The molecule has 0 N–H and O–H groups in total. The second kappa shape index (κ2) is 6.76. The molecule has 1 heterocycles. The van der Waals surface area contributed by atoms with Crippen molar-refractivity contribution in [3.63, 3.8) is 0 Å². The van der Waals surface area contributed by atoms with Gasteiger partial charge in [-0.2, -0.15) is 0 Å². The highest BCUT2D eigenvalue weighted by Gasteiger charge is 1.96. The van der Waals surface area contributed by atoms with Gasteiger partial charge in [-0.05, 0) is 0 Å². The van der Waals surface area contributed by atoms with Crippen LogP contribution < -0.4 is 0 Å². The van der Waals surface area contributed by atoms with Crippen LogP contribution in [0.2, 0.25) is 12.6 Å².